The molecule has 1 N–H and O–H groups in total. The first kappa shape index (κ1) is 19.1. The maximum Gasteiger partial charge on any atom is 0.255 e. The van der Waals surface area contributed by atoms with E-state index in [0.717, 1.165) is 43.8 Å². The zero-order valence-corrected chi connectivity index (χ0v) is 16.8. The molecule has 7 heteroatoms. The smallest absolute Gasteiger partial charge is 0.255 e. The predicted molar refractivity (Wildman–Crippen MR) is 108 cm³/mol. The number of fused-ring (bicyclic) bond motifs is 1. The Morgan fingerprint density at radius 3 is 2.63 bits per heavy atom. The first-order chi connectivity index (χ1) is 14.6. The number of likely N-dealkylation sites (tertiary alicyclic amines) is 1. The number of nitrogens with one attached hydrogen (secondary N) is 1. The number of hydrogen-bond acceptors (Lipinski definition) is 5. The Bertz CT molecular complexity index is 976. The molecule has 2 fully saturated rings. The highest BCUT2D eigenvalue weighted by Crippen LogP contribution is 2.31. The minimum atomic E-state index is -0.563. The maximum atomic E-state index is 12.8. The van der Waals surface area contributed by atoms with Crippen LogP contribution in [-0.4, -0.2) is 46.7 Å². The SMILES string of the molecule is O=C1CCC(N2Cc3cc(CN4CCC(c5ccco5)CC4)ccc3C2=O)C(=O)N1. The molecule has 1 aromatic heterocycles. The van der Waals surface area contributed by atoms with Gasteiger partial charge in [-0.05, 0) is 61.7 Å². The summed E-state index contributed by atoms with van der Waals surface area (Å²) >= 11 is 0. The largest absolute Gasteiger partial charge is 0.469 e. The van der Waals surface area contributed by atoms with E-state index in [2.05, 4.69) is 22.3 Å². The number of furan rings is 1. The van der Waals surface area contributed by atoms with Gasteiger partial charge in [-0.3, -0.25) is 24.6 Å². The van der Waals surface area contributed by atoms with E-state index in [9.17, 15) is 14.4 Å². The number of hydrogen-bond donors (Lipinski definition) is 1. The first-order valence-corrected chi connectivity index (χ1v) is 10.6. The second-order valence-electron chi connectivity index (χ2n) is 8.46. The molecule has 4 heterocycles. The summed E-state index contributed by atoms with van der Waals surface area (Å²) in [6.07, 6.45) is 4.57. The van der Waals surface area contributed by atoms with Crippen molar-refractivity contribution >= 4 is 17.7 Å². The zero-order valence-electron chi connectivity index (χ0n) is 16.8. The summed E-state index contributed by atoms with van der Waals surface area (Å²) in [5.41, 5.74) is 2.82. The van der Waals surface area contributed by atoms with Crippen molar-refractivity contribution in [1.82, 2.24) is 15.1 Å². The standard InChI is InChI=1S/C23H25N3O4/c27-21-6-5-19(22(28)24-21)26-14-17-12-15(3-4-18(17)23(26)29)13-25-9-7-16(8-10-25)20-2-1-11-30-20/h1-4,11-12,16,19H,5-10,13-14H2,(H,24,27,28). The van der Waals surface area contributed by atoms with Gasteiger partial charge in [0.15, 0.2) is 0 Å². The fourth-order valence-corrected chi connectivity index (χ4v) is 4.88. The van der Waals surface area contributed by atoms with Crippen molar-refractivity contribution in [1.29, 1.82) is 0 Å². The van der Waals surface area contributed by atoms with Crippen LogP contribution in [0.4, 0.5) is 0 Å². The molecule has 0 spiro atoms. The number of nitrogens with zero attached hydrogens (tertiary/aromatic N) is 2. The van der Waals surface area contributed by atoms with Crippen molar-refractivity contribution in [3.8, 4) is 0 Å². The number of imide groups is 1. The molecule has 156 valence electrons. The Kier molecular flexibility index (Phi) is 4.90. The fourth-order valence-electron chi connectivity index (χ4n) is 4.88. The highest BCUT2D eigenvalue weighted by atomic mass is 16.3. The van der Waals surface area contributed by atoms with E-state index in [1.54, 1.807) is 11.2 Å². The number of benzene rings is 1. The first-order valence-electron chi connectivity index (χ1n) is 10.6. The number of carbonyl (C=O) groups excluding carboxylic acids is 3. The van der Waals surface area contributed by atoms with Gasteiger partial charge >= 0.3 is 0 Å². The summed E-state index contributed by atoms with van der Waals surface area (Å²) in [7, 11) is 0. The van der Waals surface area contributed by atoms with Gasteiger partial charge in [0, 0.05) is 31.0 Å². The third kappa shape index (κ3) is 3.54. The maximum absolute atomic E-state index is 12.8. The zero-order chi connectivity index (χ0) is 20.7. The minimum Gasteiger partial charge on any atom is -0.469 e. The minimum absolute atomic E-state index is 0.120. The van der Waals surface area contributed by atoms with Gasteiger partial charge in [0.05, 0.1) is 6.26 Å². The molecular weight excluding hydrogens is 382 g/mol. The Morgan fingerprint density at radius 2 is 1.90 bits per heavy atom. The lowest BCUT2D eigenvalue weighted by molar-refractivity contribution is -0.136. The van der Waals surface area contributed by atoms with Crippen molar-refractivity contribution in [2.24, 2.45) is 0 Å². The summed E-state index contributed by atoms with van der Waals surface area (Å²) in [5, 5.41) is 2.35. The van der Waals surface area contributed by atoms with Crippen LogP contribution < -0.4 is 5.32 Å². The molecule has 2 saturated heterocycles. The van der Waals surface area contributed by atoms with Gasteiger partial charge in [0.2, 0.25) is 11.8 Å². The van der Waals surface area contributed by atoms with Crippen LogP contribution in [0.3, 0.4) is 0 Å². The Labute approximate surface area is 175 Å². The molecule has 0 radical (unpaired) electrons. The van der Waals surface area contributed by atoms with Gasteiger partial charge in [0.25, 0.3) is 5.91 Å². The van der Waals surface area contributed by atoms with Crippen LogP contribution in [0.1, 0.15) is 58.8 Å². The highest BCUT2D eigenvalue weighted by molar-refractivity contribution is 6.05. The molecule has 1 atom stereocenters. The Balaban J connectivity index is 1.23. The average Bonchev–Trinajstić information content (AvgIpc) is 3.37. The topological polar surface area (TPSA) is 82.9 Å². The van der Waals surface area contributed by atoms with E-state index in [0.29, 0.717) is 24.4 Å². The lowest BCUT2D eigenvalue weighted by Gasteiger charge is -2.31. The fraction of sp³-hybridized carbons (Fsp3) is 0.435. The molecule has 30 heavy (non-hydrogen) atoms. The molecule has 2 aromatic rings. The van der Waals surface area contributed by atoms with E-state index >= 15 is 0 Å². The van der Waals surface area contributed by atoms with Crippen molar-refractivity contribution in [2.75, 3.05) is 13.1 Å². The molecule has 1 unspecified atom stereocenters. The van der Waals surface area contributed by atoms with Crippen molar-refractivity contribution < 1.29 is 18.8 Å². The Morgan fingerprint density at radius 1 is 1.07 bits per heavy atom. The number of piperidine rings is 2. The molecule has 0 aliphatic carbocycles. The predicted octanol–water partition coefficient (Wildman–Crippen LogP) is 2.42. The summed E-state index contributed by atoms with van der Waals surface area (Å²) in [6.45, 7) is 3.31. The van der Waals surface area contributed by atoms with Gasteiger partial charge in [-0.15, -0.1) is 0 Å². The molecular formula is C23H25N3O4. The molecule has 3 amide bonds. The Hall–Kier alpha value is -2.93. The van der Waals surface area contributed by atoms with Gasteiger partial charge < -0.3 is 9.32 Å². The van der Waals surface area contributed by atoms with Crippen molar-refractivity contribution in [3.05, 3.63) is 59.0 Å². The molecule has 3 aliphatic heterocycles. The van der Waals surface area contributed by atoms with Gasteiger partial charge in [0.1, 0.15) is 11.8 Å². The summed E-state index contributed by atoms with van der Waals surface area (Å²) < 4.78 is 5.56. The van der Waals surface area contributed by atoms with E-state index in [1.807, 2.05) is 18.2 Å². The van der Waals surface area contributed by atoms with Crippen LogP contribution >= 0.6 is 0 Å². The summed E-state index contributed by atoms with van der Waals surface area (Å²) in [6, 6.07) is 9.44. The van der Waals surface area contributed by atoms with Gasteiger partial charge in [-0.2, -0.15) is 0 Å². The van der Waals surface area contributed by atoms with Crippen LogP contribution in [0, 0.1) is 0 Å². The third-order valence-corrected chi connectivity index (χ3v) is 6.53. The molecule has 3 aliphatic rings. The average molecular weight is 407 g/mol. The molecule has 0 bridgehead atoms. The van der Waals surface area contributed by atoms with E-state index in [4.69, 9.17) is 4.42 Å². The van der Waals surface area contributed by atoms with E-state index in [-0.39, 0.29) is 24.1 Å². The van der Waals surface area contributed by atoms with Crippen LogP contribution in [-0.2, 0) is 22.7 Å². The summed E-state index contributed by atoms with van der Waals surface area (Å²) in [5.74, 6) is 0.825. The molecule has 7 nitrogen and oxygen atoms in total. The normalized spacial score (nSPS) is 23.0. The lowest BCUT2D eigenvalue weighted by atomic mass is 9.94. The van der Waals surface area contributed by atoms with Crippen LogP contribution in [0.15, 0.2) is 41.0 Å². The van der Waals surface area contributed by atoms with Crippen molar-refractivity contribution in [3.63, 3.8) is 0 Å². The molecule has 0 saturated carbocycles. The monoisotopic (exact) mass is 407 g/mol. The van der Waals surface area contributed by atoms with E-state index < -0.39 is 6.04 Å². The molecule has 1 aromatic carbocycles. The molecule has 5 rings (SSSR count). The number of carbonyl (C=O) groups is 3. The van der Waals surface area contributed by atoms with E-state index in [1.165, 1.54) is 5.56 Å². The summed E-state index contributed by atoms with van der Waals surface area (Å²) in [4.78, 5) is 40.5. The lowest BCUT2D eigenvalue weighted by Crippen LogP contribution is -2.52. The van der Waals surface area contributed by atoms with Crippen LogP contribution in [0.5, 0.6) is 0 Å². The second-order valence-corrected chi connectivity index (χ2v) is 8.46. The van der Waals surface area contributed by atoms with Crippen LogP contribution in [0.2, 0.25) is 0 Å². The van der Waals surface area contributed by atoms with Crippen molar-refractivity contribution in [2.45, 2.75) is 50.7 Å². The van der Waals surface area contributed by atoms with Gasteiger partial charge in [-0.1, -0.05) is 12.1 Å². The third-order valence-electron chi connectivity index (χ3n) is 6.53. The van der Waals surface area contributed by atoms with Crippen LogP contribution in [0.25, 0.3) is 0 Å². The highest BCUT2D eigenvalue weighted by Gasteiger charge is 2.39. The quantitative estimate of drug-likeness (QED) is 0.787. The van der Waals surface area contributed by atoms with Gasteiger partial charge in [-0.25, -0.2) is 0 Å². The second kappa shape index (κ2) is 7.72. The number of rotatable bonds is 4. The number of amides is 3.